The van der Waals surface area contributed by atoms with Gasteiger partial charge >= 0.3 is 5.97 Å². The molecular formula is C21H22FN5O2. The van der Waals surface area contributed by atoms with Gasteiger partial charge in [0, 0.05) is 17.9 Å². The molecule has 29 heavy (non-hydrogen) atoms. The van der Waals surface area contributed by atoms with Gasteiger partial charge in [-0.15, -0.1) is 0 Å². The van der Waals surface area contributed by atoms with E-state index in [2.05, 4.69) is 26.3 Å². The number of aryl methyl sites for hydroxylation is 2. The summed E-state index contributed by atoms with van der Waals surface area (Å²) >= 11 is 0. The molecule has 0 saturated heterocycles. The average molecular weight is 395 g/mol. The summed E-state index contributed by atoms with van der Waals surface area (Å²) in [6.07, 6.45) is 1.70. The Morgan fingerprint density at radius 1 is 1.31 bits per heavy atom. The highest BCUT2D eigenvalue weighted by Crippen LogP contribution is 2.25. The van der Waals surface area contributed by atoms with Crippen molar-refractivity contribution in [2.75, 3.05) is 7.11 Å². The predicted octanol–water partition coefficient (Wildman–Crippen LogP) is 5.08. The number of esters is 1. The Morgan fingerprint density at radius 3 is 2.76 bits per heavy atom. The fraction of sp³-hybridized carbons (Fsp3) is 0.333. The topological polar surface area (TPSA) is 92.9 Å². The van der Waals surface area contributed by atoms with Gasteiger partial charge in [-0.05, 0) is 53.8 Å². The number of methoxy groups -OCH3 is 1. The third-order valence-corrected chi connectivity index (χ3v) is 4.75. The number of carbonyl (C=O) groups excluding carboxylic acids is 1. The van der Waals surface area contributed by atoms with Crippen LogP contribution in [0.1, 0.15) is 46.2 Å². The lowest BCUT2D eigenvalue weighted by atomic mass is 10.1. The first-order valence-corrected chi connectivity index (χ1v) is 9.34. The van der Waals surface area contributed by atoms with E-state index in [0.29, 0.717) is 12.1 Å². The van der Waals surface area contributed by atoms with Crippen LogP contribution in [0.2, 0.25) is 0 Å². The normalized spacial score (nSPS) is 10.8. The van der Waals surface area contributed by atoms with Crippen LogP contribution in [0.3, 0.4) is 0 Å². The van der Waals surface area contributed by atoms with Crippen molar-refractivity contribution in [1.82, 2.24) is 9.55 Å². The van der Waals surface area contributed by atoms with Gasteiger partial charge in [-0.3, -0.25) is 0 Å². The zero-order valence-corrected chi connectivity index (χ0v) is 16.6. The third-order valence-electron chi connectivity index (χ3n) is 4.75. The Bertz CT molecular complexity index is 1120. The van der Waals surface area contributed by atoms with Crippen LogP contribution >= 0.6 is 0 Å². The maximum atomic E-state index is 14.4. The van der Waals surface area contributed by atoms with Crippen molar-refractivity contribution in [3.63, 3.8) is 0 Å². The number of fused-ring (bicyclic) bond motifs is 1. The van der Waals surface area contributed by atoms with Crippen LogP contribution in [0, 0.1) is 12.7 Å². The number of azide groups is 1. The van der Waals surface area contributed by atoms with Gasteiger partial charge in [-0.1, -0.05) is 24.2 Å². The van der Waals surface area contributed by atoms with Gasteiger partial charge in [0.05, 0.1) is 30.3 Å². The molecule has 1 heterocycles. The molecule has 0 fully saturated rings. The molecule has 0 N–H and O–H groups in total. The monoisotopic (exact) mass is 395 g/mol. The number of rotatable bonds is 7. The maximum absolute atomic E-state index is 14.4. The fourth-order valence-corrected chi connectivity index (χ4v) is 3.42. The van der Waals surface area contributed by atoms with Crippen molar-refractivity contribution in [1.29, 1.82) is 0 Å². The molecule has 0 atom stereocenters. The summed E-state index contributed by atoms with van der Waals surface area (Å²) in [5.74, 6) is -0.410. The van der Waals surface area contributed by atoms with Gasteiger partial charge in [0.2, 0.25) is 0 Å². The van der Waals surface area contributed by atoms with E-state index < -0.39 is 11.8 Å². The van der Waals surface area contributed by atoms with Crippen molar-refractivity contribution in [3.8, 4) is 0 Å². The van der Waals surface area contributed by atoms with Gasteiger partial charge in [0.1, 0.15) is 11.6 Å². The summed E-state index contributed by atoms with van der Waals surface area (Å²) in [4.78, 5) is 19.2. The quantitative estimate of drug-likeness (QED) is 0.242. The van der Waals surface area contributed by atoms with Gasteiger partial charge in [-0.25, -0.2) is 14.2 Å². The Hall–Kier alpha value is -3.38. The van der Waals surface area contributed by atoms with Crippen LogP contribution in [-0.2, 0) is 24.2 Å². The number of aromatic nitrogens is 2. The summed E-state index contributed by atoms with van der Waals surface area (Å²) < 4.78 is 21.0. The molecule has 150 valence electrons. The molecule has 3 rings (SSSR count). The minimum absolute atomic E-state index is 0.0898. The van der Waals surface area contributed by atoms with Crippen LogP contribution in [0.25, 0.3) is 21.5 Å². The lowest BCUT2D eigenvalue weighted by molar-refractivity contribution is 0.0595. The minimum atomic E-state index is -0.702. The van der Waals surface area contributed by atoms with Gasteiger partial charge in [0.25, 0.3) is 0 Å². The Labute approximate surface area is 167 Å². The predicted molar refractivity (Wildman–Crippen MR) is 108 cm³/mol. The number of hydrogen-bond acceptors (Lipinski definition) is 4. The second-order valence-corrected chi connectivity index (χ2v) is 6.84. The Balaban J connectivity index is 2.08. The first-order valence-electron chi connectivity index (χ1n) is 9.34. The number of carbonyl (C=O) groups is 1. The molecule has 0 aliphatic heterocycles. The molecule has 3 aromatic rings. The van der Waals surface area contributed by atoms with E-state index in [1.807, 2.05) is 19.1 Å². The number of nitrogens with zero attached hydrogens (tertiary/aromatic N) is 5. The molecule has 0 aliphatic rings. The van der Waals surface area contributed by atoms with E-state index in [1.165, 1.54) is 19.2 Å². The number of halogens is 1. The Kier molecular flexibility index (Phi) is 6.14. The number of hydrogen-bond donors (Lipinski definition) is 0. The number of imidazole rings is 1. The van der Waals surface area contributed by atoms with E-state index in [0.717, 1.165) is 40.8 Å². The van der Waals surface area contributed by atoms with E-state index in [1.54, 1.807) is 6.07 Å². The average Bonchev–Trinajstić information content (AvgIpc) is 3.04. The summed E-state index contributed by atoms with van der Waals surface area (Å²) in [5, 5.41) is 3.65. The molecule has 0 aliphatic carbocycles. The molecule has 0 bridgehead atoms. The van der Waals surface area contributed by atoms with E-state index in [4.69, 9.17) is 10.5 Å². The highest BCUT2D eigenvalue weighted by Gasteiger charge is 2.16. The Morgan fingerprint density at radius 2 is 2.10 bits per heavy atom. The molecule has 0 amide bonds. The van der Waals surface area contributed by atoms with Crippen molar-refractivity contribution in [2.24, 2.45) is 5.11 Å². The summed E-state index contributed by atoms with van der Waals surface area (Å²) in [5.41, 5.74) is 12.9. The van der Waals surface area contributed by atoms with E-state index in [-0.39, 0.29) is 12.1 Å². The van der Waals surface area contributed by atoms with E-state index >= 15 is 0 Å². The van der Waals surface area contributed by atoms with Crippen molar-refractivity contribution in [2.45, 2.75) is 39.8 Å². The molecule has 7 nitrogen and oxygen atoms in total. The summed E-state index contributed by atoms with van der Waals surface area (Å²) in [7, 11) is 1.22. The molecule has 0 spiro atoms. The second kappa shape index (κ2) is 8.75. The maximum Gasteiger partial charge on any atom is 0.340 e. The minimum Gasteiger partial charge on any atom is -0.465 e. The molecule has 1 aromatic heterocycles. The van der Waals surface area contributed by atoms with Gasteiger partial charge in [-0.2, -0.15) is 0 Å². The van der Waals surface area contributed by atoms with Gasteiger partial charge in [0.15, 0.2) is 0 Å². The zero-order chi connectivity index (χ0) is 21.0. The fourth-order valence-electron chi connectivity index (χ4n) is 3.42. The highest BCUT2D eigenvalue weighted by atomic mass is 19.1. The lowest BCUT2D eigenvalue weighted by Crippen LogP contribution is -2.08. The van der Waals surface area contributed by atoms with Crippen molar-refractivity contribution in [3.05, 3.63) is 74.7 Å². The number of benzene rings is 2. The van der Waals surface area contributed by atoms with E-state index in [9.17, 15) is 9.18 Å². The number of ether oxygens (including phenoxy) is 1. The van der Waals surface area contributed by atoms with Crippen LogP contribution in [0.5, 0.6) is 0 Å². The SMILES string of the molecule is CCCc1nc2c(C)cc(CN=[N+]=[N-])cc2n1Cc1ccc(C(=O)OC)c(F)c1. The highest BCUT2D eigenvalue weighted by molar-refractivity contribution is 5.89. The molecule has 8 heteroatoms. The van der Waals surface area contributed by atoms with Gasteiger partial charge < -0.3 is 9.30 Å². The second-order valence-electron chi connectivity index (χ2n) is 6.84. The van der Waals surface area contributed by atoms with Crippen molar-refractivity contribution < 1.29 is 13.9 Å². The standard InChI is InChI=1S/C21H22FN5O2/c1-4-5-19-25-20-13(2)8-15(11-24-26-23)10-18(20)27(19)12-14-6-7-16(17(22)9-14)21(28)29-3/h6-10H,4-5,11-12H2,1-3H3. The van der Waals surface area contributed by atoms with Crippen LogP contribution in [0.4, 0.5) is 4.39 Å². The van der Waals surface area contributed by atoms with Crippen LogP contribution < -0.4 is 0 Å². The first-order chi connectivity index (χ1) is 14.0. The molecule has 0 unspecified atom stereocenters. The summed E-state index contributed by atoms with van der Waals surface area (Å²) in [6, 6.07) is 8.43. The molecule has 0 saturated carbocycles. The third kappa shape index (κ3) is 4.22. The van der Waals surface area contributed by atoms with Crippen molar-refractivity contribution >= 4 is 17.0 Å². The molecule has 2 aromatic carbocycles. The molecular weight excluding hydrogens is 373 g/mol. The lowest BCUT2D eigenvalue weighted by Gasteiger charge is -2.11. The van der Waals surface area contributed by atoms with Crippen LogP contribution in [0.15, 0.2) is 35.4 Å². The van der Waals surface area contributed by atoms with Crippen LogP contribution in [-0.4, -0.2) is 22.6 Å². The zero-order valence-electron chi connectivity index (χ0n) is 16.6. The summed E-state index contributed by atoms with van der Waals surface area (Å²) in [6.45, 7) is 4.72. The smallest absolute Gasteiger partial charge is 0.340 e. The first kappa shape index (κ1) is 20.4. The molecule has 0 radical (unpaired) electrons. The largest absolute Gasteiger partial charge is 0.465 e.